The number of ether oxygens (including phenoxy) is 1. The van der Waals surface area contributed by atoms with E-state index in [1.165, 1.54) is 0 Å². The predicted octanol–water partition coefficient (Wildman–Crippen LogP) is 0.821. The molecule has 0 aliphatic carbocycles. The molecule has 1 saturated heterocycles. The van der Waals surface area contributed by atoms with Crippen molar-refractivity contribution in [2.24, 2.45) is 0 Å². The van der Waals surface area contributed by atoms with Crippen LogP contribution in [0.1, 0.15) is 22.1 Å². The molecule has 1 aromatic carbocycles. The summed E-state index contributed by atoms with van der Waals surface area (Å²) in [5.41, 5.74) is 1.96. The fourth-order valence-corrected chi connectivity index (χ4v) is 2.13. The molecule has 2 heterocycles. The summed E-state index contributed by atoms with van der Waals surface area (Å²) >= 11 is 0. The van der Waals surface area contributed by atoms with E-state index in [2.05, 4.69) is 20.9 Å². The second kappa shape index (κ2) is 6.02. The number of anilines is 1. The lowest BCUT2D eigenvalue weighted by Gasteiger charge is -2.26. The first-order valence-electron chi connectivity index (χ1n) is 6.78. The number of methoxy groups -OCH3 is 1. The maximum absolute atomic E-state index is 12.2. The second-order valence-electron chi connectivity index (χ2n) is 4.94. The minimum absolute atomic E-state index is 0.267. The summed E-state index contributed by atoms with van der Waals surface area (Å²) in [7, 11) is 1.62. The minimum atomic E-state index is -0.267. The number of benzene rings is 1. The van der Waals surface area contributed by atoms with Crippen molar-refractivity contribution in [3.8, 4) is 0 Å². The maximum Gasteiger partial charge on any atom is 0.277 e. The number of carbonyl (C=O) groups is 1. The van der Waals surface area contributed by atoms with Crippen molar-refractivity contribution in [2.45, 2.75) is 12.6 Å². The van der Waals surface area contributed by atoms with E-state index < -0.39 is 0 Å². The molecule has 0 unspecified atom stereocenters. The van der Waals surface area contributed by atoms with Gasteiger partial charge in [0, 0.05) is 31.5 Å². The van der Waals surface area contributed by atoms with Crippen molar-refractivity contribution >= 4 is 11.6 Å². The number of hydrogen-bond donors (Lipinski definition) is 2. The quantitative estimate of drug-likeness (QED) is 0.851. The van der Waals surface area contributed by atoms with Crippen molar-refractivity contribution in [1.82, 2.24) is 20.3 Å². The third-order valence-corrected chi connectivity index (χ3v) is 3.44. The van der Waals surface area contributed by atoms with Crippen LogP contribution in [0.4, 0.5) is 5.69 Å². The van der Waals surface area contributed by atoms with Crippen LogP contribution < -0.4 is 10.6 Å². The molecule has 1 amide bonds. The second-order valence-corrected chi connectivity index (χ2v) is 4.94. The molecule has 7 heteroatoms. The van der Waals surface area contributed by atoms with Gasteiger partial charge in [0.15, 0.2) is 5.69 Å². The van der Waals surface area contributed by atoms with Gasteiger partial charge < -0.3 is 15.4 Å². The highest BCUT2D eigenvalue weighted by atomic mass is 16.5. The normalized spacial score (nSPS) is 14.7. The van der Waals surface area contributed by atoms with Gasteiger partial charge in [-0.15, -0.1) is 5.10 Å². The number of hydrogen-bond acceptors (Lipinski definition) is 5. The molecular weight excluding hydrogens is 270 g/mol. The van der Waals surface area contributed by atoms with Gasteiger partial charge in [0.2, 0.25) is 0 Å². The van der Waals surface area contributed by atoms with Gasteiger partial charge in [-0.05, 0) is 6.07 Å². The number of nitrogens with one attached hydrogen (secondary N) is 2. The first-order chi connectivity index (χ1) is 10.3. The molecule has 0 bridgehead atoms. The third-order valence-electron chi connectivity index (χ3n) is 3.44. The van der Waals surface area contributed by atoms with E-state index in [-0.39, 0.29) is 5.91 Å². The monoisotopic (exact) mass is 287 g/mol. The van der Waals surface area contributed by atoms with Crippen LogP contribution in [0.2, 0.25) is 0 Å². The SMILES string of the molecule is COCc1ccccc1NC(=O)c1cn(C2CNC2)nn1. The Hall–Kier alpha value is -2.25. The molecule has 1 aliphatic rings. The smallest absolute Gasteiger partial charge is 0.277 e. The molecular formula is C14H17N5O2. The summed E-state index contributed by atoms with van der Waals surface area (Å²) < 4.78 is 6.85. The van der Waals surface area contributed by atoms with Crippen LogP contribution in [0, 0.1) is 0 Å². The molecule has 1 aliphatic heterocycles. The first-order valence-corrected chi connectivity index (χ1v) is 6.78. The third kappa shape index (κ3) is 2.93. The lowest BCUT2D eigenvalue weighted by molar-refractivity contribution is 0.102. The standard InChI is InChI=1S/C14H17N5O2/c1-21-9-10-4-2-3-5-12(10)16-14(20)13-8-19(18-17-13)11-6-15-7-11/h2-5,8,11,15H,6-7,9H2,1H3,(H,16,20). The Morgan fingerprint density at radius 2 is 2.29 bits per heavy atom. The summed E-state index contributed by atoms with van der Waals surface area (Å²) in [5, 5.41) is 13.9. The number of rotatable bonds is 5. The molecule has 0 atom stereocenters. The van der Waals surface area contributed by atoms with E-state index in [0.717, 1.165) is 24.3 Å². The number of nitrogens with zero attached hydrogens (tertiary/aromatic N) is 3. The van der Waals surface area contributed by atoms with Gasteiger partial charge in [0.25, 0.3) is 5.91 Å². The van der Waals surface area contributed by atoms with Gasteiger partial charge in [-0.25, -0.2) is 4.68 Å². The fourth-order valence-electron chi connectivity index (χ4n) is 2.13. The molecule has 0 radical (unpaired) electrons. The Bertz CT molecular complexity index is 636. The van der Waals surface area contributed by atoms with Gasteiger partial charge in [0.1, 0.15) is 0 Å². The van der Waals surface area contributed by atoms with Gasteiger partial charge >= 0.3 is 0 Å². The average molecular weight is 287 g/mol. The topological polar surface area (TPSA) is 81.1 Å². The largest absolute Gasteiger partial charge is 0.380 e. The van der Waals surface area contributed by atoms with E-state index in [0.29, 0.717) is 18.3 Å². The van der Waals surface area contributed by atoms with E-state index in [1.807, 2.05) is 24.3 Å². The molecule has 7 nitrogen and oxygen atoms in total. The number of para-hydroxylation sites is 1. The highest BCUT2D eigenvalue weighted by Crippen LogP contribution is 2.17. The highest BCUT2D eigenvalue weighted by molar-refractivity contribution is 6.03. The van der Waals surface area contributed by atoms with Crippen molar-refractivity contribution in [3.63, 3.8) is 0 Å². The lowest BCUT2D eigenvalue weighted by Crippen LogP contribution is -2.43. The minimum Gasteiger partial charge on any atom is -0.380 e. The molecule has 2 aromatic rings. The summed E-state index contributed by atoms with van der Waals surface area (Å²) in [6.45, 7) is 2.17. The van der Waals surface area contributed by atoms with Crippen LogP contribution >= 0.6 is 0 Å². The zero-order chi connectivity index (χ0) is 14.7. The van der Waals surface area contributed by atoms with Crippen LogP contribution in [-0.4, -0.2) is 41.1 Å². The van der Waals surface area contributed by atoms with Gasteiger partial charge in [0.05, 0.1) is 18.8 Å². The van der Waals surface area contributed by atoms with E-state index in [4.69, 9.17) is 4.74 Å². The molecule has 1 fully saturated rings. The maximum atomic E-state index is 12.2. The first kappa shape index (κ1) is 13.7. The number of amides is 1. The molecule has 0 spiro atoms. The van der Waals surface area contributed by atoms with Crippen molar-refractivity contribution in [3.05, 3.63) is 41.7 Å². The van der Waals surface area contributed by atoms with Crippen LogP contribution in [0.25, 0.3) is 0 Å². The molecule has 1 aromatic heterocycles. The summed E-state index contributed by atoms with van der Waals surface area (Å²) in [6, 6.07) is 7.82. The van der Waals surface area contributed by atoms with Crippen molar-refractivity contribution in [2.75, 3.05) is 25.5 Å². The van der Waals surface area contributed by atoms with Gasteiger partial charge in [-0.3, -0.25) is 4.79 Å². The lowest BCUT2D eigenvalue weighted by atomic mass is 10.2. The molecule has 2 N–H and O–H groups in total. The van der Waals surface area contributed by atoms with Gasteiger partial charge in [-0.2, -0.15) is 0 Å². The van der Waals surface area contributed by atoms with Crippen LogP contribution in [0.5, 0.6) is 0 Å². The Balaban J connectivity index is 1.72. The highest BCUT2D eigenvalue weighted by Gasteiger charge is 2.21. The zero-order valence-corrected chi connectivity index (χ0v) is 11.7. The Morgan fingerprint density at radius 3 is 3.00 bits per heavy atom. The zero-order valence-electron chi connectivity index (χ0n) is 11.7. The fraction of sp³-hybridized carbons (Fsp3) is 0.357. The summed E-state index contributed by atoms with van der Waals surface area (Å²) in [5.74, 6) is -0.267. The number of aromatic nitrogens is 3. The van der Waals surface area contributed by atoms with Crippen LogP contribution in [-0.2, 0) is 11.3 Å². The molecule has 0 saturated carbocycles. The average Bonchev–Trinajstić information content (AvgIpc) is 2.89. The van der Waals surface area contributed by atoms with E-state index in [1.54, 1.807) is 18.0 Å². The molecule has 3 rings (SSSR count). The van der Waals surface area contributed by atoms with Crippen LogP contribution in [0.3, 0.4) is 0 Å². The summed E-state index contributed by atoms with van der Waals surface area (Å²) in [4.78, 5) is 12.2. The van der Waals surface area contributed by atoms with E-state index in [9.17, 15) is 4.79 Å². The Kier molecular flexibility index (Phi) is 3.94. The van der Waals surface area contributed by atoms with Crippen LogP contribution in [0.15, 0.2) is 30.5 Å². The Morgan fingerprint density at radius 1 is 1.48 bits per heavy atom. The van der Waals surface area contributed by atoms with Crippen molar-refractivity contribution < 1.29 is 9.53 Å². The summed E-state index contributed by atoms with van der Waals surface area (Å²) in [6.07, 6.45) is 1.68. The van der Waals surface area contributed by atoms with E-state index >= 15 is 0 Å². The molecule has 110 valence electrons. The predicted molar refractivity (Wildman–Crippen MR) is 77.0 cm³/mol. The number of carbonyl (C=O) groups excluding carboxylic acids is 1. The van der Waals surface area contributed by atoms with Gasteiger partial charge in [-0.1, -0.05) is 23.4 Å². The Labute approximate surface area is 122 Å². The molecule has 21 heavy (non-hydrogen) atoms. The van der Waals surface area contributed by atoms with Crippen molar-refractivity contribution in [1.29, 1.82) is 0 Å².